The summed E-state index contributed by atoms with van der Waals surface area (Å²) in [6.45, 7) is 2.19. The molecule has 0 unspecified atom stereocenters. The second kappa shape index (κ2) is 6.95. The van der Waals surface area contributed by atoms with E-state index in [1.165, 1.54) is 27.1 Å². The smallest absolute Gasteiger partial charge is 0.263 e. The monoisotopic (exact) mass is 358 g/mol. The van der Waals surface area contributed by atoms with Crippen molar-refractivity contribution in [3.63, 3.8) is 0 Å². The van der Waals surface area contributed by atoms with Gasteiger partial charge in [-0.25, -0.2) is 4.98 Å². The molecule has 8 heteroatoms. The van der Waals surface area contributed by atoms with Gasteiger partial charge in [0.2, 0.25) is 5.91 Å². The minimum atomic E-state index is -0.308. The third kappa shape index (κ3) is 3.22. The lowest BCUT2D eigenvalue weighted by molar-refractivity contribution is -0.121. The van der Waals surface area contributed by atoms with Gasteiger partial charge in [0.1, 0.15) is 11.4 Å². The molecule has 1 N–H and O–H groups in total. The molecule has 3 heterocycles. The van der Waals surface area contributed by atoms with E-state index in [-0.39, 0.29) is 31.0 Å². The van der Waals surface area contributed by atoms with Crippen LogP contribution in [0.4, 0.5) is 0 Å². The molecule has 3 rings (SSSR count). The highest BCUT2D eigenvalue weighted by atomic mass is 32.1. The lowest BCUT2D eigenvalue weighted by atomic mass is 10.2. The maximum Gasteiger partial charge on any atom is 0.263 e. The van der Waals surface area contributed by atoms with Crippen molar-refractivity contribution in [3.8, 4) is 16.5 Å². The van der Waals surface area contributed by atoms with E-state index in [0.717, 1.165) is 10.4 Å². The van der Waals surface area contributed by atoms with Crippen LogP contribution in [0, 0.1) is 18.3 Å². The Morgan fingerprint density at radius 2 is 2.29 bits per heavy atom. The highest BCUT2D eigenvalue weighted by Crippen LogP contribution is 2.34. The lowest BCUT2D eigenvalue weighted by Crippen LogP contribution is -2.32. The zero-order chi connectivity index (χ0) is 17.1. The van der Waals surface area contributed by atoms with E-state index in [2.05, 4.69) is 10.3 Å². The fourth-order valence-electron chi connectivity index (χ4n) is 2.31. The summed E-state index contributed by atoms with van der Waals surface area (Å²) in [5.41, 5.74) is 0.641. The molecule has 0 aromatic carbocycles. The number of rotatable bonds is 5. The van der Waals surface area contributed by atoms with Crippen molar-refractivity contribution >= 4 is 38.8 Å². The second-order valence-electron chi connectivity index (χ2n) is 5.18. The van der Waals surface area contributed by atoms with E-state index in [0.29, 0.717) is 10.2 Å². The van der Waals surface area contributed by atoms with Crippen LogP contribution >= 0.6 is 22.7 Å². The van der Waals surface area contributed by atoms with Crippen LogP contribution in [0.25, 0.3) is 20.7 Å². The zero-order valence-corrected chi connectivity index (χ0v) is 14.5. The Hall–Kier alpha value is -2.50. The molecule has 0 aliphatic heterocycles. The lowest BCUT2D eigenvalue weighted by Gasteiger charge is -2.06. The Labute approximate surface area is 146 Å². The number of amides is 1. The minimum absolute atomic E-state index is 0.105. The number of hydrogen-bond acceptors (Lipinski definition) is 6. The molecule has 3 aromatic heterocycles. The second-order valence-corrected chi connectivity index (χ2v) is 7.32. The Bertz CT molecular complexity index is 994. The number of hydrogen-bond donors (Lipinski definition) is 1. The normalized spacial score (nSPS) is 10.7. The Balaban J connectivity index is 1.94. The van der Waals surface area contributed by atoms with Crippen LogP contribution < -0.4 is 10.9 Å². The molecule has 0 atom stereocenters. The number of nitriles is 1. The standard InChI is InChI=1S/C16H14N4O2S2/c1-10-3-4-12(24-10)11-8-23-15-14(11)16(22)20(9-19-15)7-13(21)18-6-2-5-17/h3-4,8-9H,2,6-7H2,1H3,(H,18,21). The number of nitrogens with zero attached hydrogens (tertiary/aromatic N) is 3. The van der Waals surface area contributed by atoms with Crippen LogP contribution in [0.3, 0.4) is 0 Å². The first-order valence-corrected chi connectivity index (χ1v) is 8.97. The van der Waals surface area contributed by atoms with Crippen LogP contribution in [0.15, 0.2) is 28.6 Å². The Kier molecular flexibility index (Phi) is 4.74. The number of aromatic nitrogens is 2. The molecule has 0 radical (unpaired) electrons. The number of fused-ring (bicyclic) bond motifs is 1. The van der Waals surface area contributed by atoms with E-state index >= 15 is 0 Å². The van der Waals surface area contributed by atoms with Crippen LogP contribution in [0.2, 0.25) is 0 Å². The molecule has 6 nitrogen and oxygen atoms in total. The quantitative estimate of drug-likeness (QED) is 0.710. The average molecular weight is 358 g/mol. The van der Waals surface area contributed by atoms with Crippen LogP contribution in [-0.4, -0.2) is 22.0 Å². The number of nitrogens with one attached hydrogen (secondary N) is 1. The summed E-state index contributed by atoms with van der Waals surface area (Å²) in [7, 11) is 0. The molecule has 24 heavy (non-hydrogen) atoms. The van der Waals surface area contributed by atoms with E-state index in [1.54, 1.807) is 11.3 Å². The summed E-state index contributed by atoms with van der Waals surface area (Å²) in [5.74, 6) is -0.308. The summed E-state index contributed by atoms with van der Waals surface area (Å²) in [4.78, 5) is 31.8. The number of aryl methyl sites for hydroxylation is 1. The van der Waals surface area contributed by atoms with Gasteiger partial charge < -0.3 is 5.32 Å². The van der Waals surface area contributed by atoms with Crippen molar-refractivity contribution in [1.29, 1.82) is 5.26 Å². The molecule has 0 bridgehead atoms. The van der Waals surface area contributed by atoms with Gasteiger partial charge in [-0.1, -0.05) is 0 Å². The molecule has 122 valence electrons. The van der Waals surface area contributed by atoms with Gasteiger partial charge >= 0.3 is 0 Å². The average Bonchev–Trinajstić information content (AvgIpc) is 3.16. The van der Waals surface area contributed by atoms with Crippen molar-refractivity contribution in [3.05, 3.63) is 39.1 Å². The minimum Gasteiger partial charge on any atom is -0.354 e. The predicted octanol–water partition coefficient (Wildman–Crippen LogP) is 2.52. The highest BCUT2D eigenvalue weighted by Gasteiger charge is 2.15. The summed E-state index contributed by atoms with van der Waals surface area (Å²) in [5, 5.41) is 13.6. The first-order valence-electron chi connectivity index (χ1n) is 7.27. The fourth-order valence-corrected chi connectivity index (χ4v) is 4.17. The molecule has 0 saturated carbocycles. The SMILES string of the molecule is Cc1ccc(-c2csc3ncn(CC(=O)NCCC#N)c(=O)c23)s1. The number of carbonyl (C=O) groups is 1. The first-order chi connectivity index (χ1) is 11.6. The topological polar surface area (TPSA) is 87.8 Å². The molecule has 0 fully saturated rings. The van der Waals surface area contributed by atoms with Gasteiger partial charge in [0.05, 0.1) is 24.2 Å². The predicted molar refractivity (Wildman–Crippen MR) is 95.2 cm³/mol. The van der Waals surface area contributed by atoms with Gasteiger partial charge in [0.25, 0.3) is 5.56 Å². The van der Waals surface area contributed by atoms with Crippen molar-refractivity contribution in [2.75, 3.05) is 6.54 Å². The van der Waals surface area contributed by atoms with E-state index in [1.807, 2.05) is 30.5 Å². The Morgan fingerprint density at radius 1 is 1.46 bits per heavy atom. The van der Waals surface area contributed by atoms with Gasteiger partial charge in [-0.3, -0.25) is 14.2 Å². The van der Waals surface area contributed by atoms with Gasteiger partial charge in [-0.2, -0.15) is 5.26 Å². The molecule has 0 saturated heterocycles. The maximum atomic E-state index is 12.8. The van der Waals surface area contributed by atoms with Crippen molar-refractivity contribution < 1.29 is 4.79 Å². The van der Waals surface area contributed by atoms with Crippen LogP contribution in [0.1, 0.15) is 11.3 Å². The third-order valence-electron chi connectivity index (χ3n) is 3.44. The van der Waals surface area contributed by atoms with Crippen molar-refractivity contribution in [2.45, 2.75) is 19.9 Å². The molecule has 3 aromatic rings. The fraction of sp³-hybridized carbons (Fsp3) is 0.250. The van der Waals surface area contributed by atoms with Crippen LogP contribution in [0.5, 0.6) is 0 Å². The summed E-state index contributed by atoms with van der Waals surface area (Å²) in [6.07, 6.45) is 1.64. The van der Waals surface area contributed by atoms with Gasteiger partial charge in [-0.05, 0) is 19.1 Å². The van der Waals surface area contributed by atoms with E-state index < -0.39 is 0 Å². The third-order valence-corrected chi connectivity index (χ3v) is 5.36. The largest absolute Gasteiger partial charge is 0.354 e. The summed E-state index contributed by atoms with van der Waals surface area (Å²) >= 11 is 3.05. The molecule has 0 spiro atoms. The van der Waals surface area contributed by atoms with Crippen molar-refractivity contribution in [1.82, 2.24) is 14.9 Å². The summed E-state index contributed by atoms with van der Waals surface area (Å²) in [6, 6.07) is 5.96. The Morgan fingerprint density at radius 3 is 3.00 bits per heavy atom. The summed E-state index contributed by atoms with van der Waals surface area (Å²) < 4.78 is 1.31. The molecule has 1 amide bonds. The van der Waals surface area contributed by atoms with E-state index in [4.69, 9.17) is 5.26 Å². The zero-order valence-electron chi connectivity index (χ0n) is 12.9. The highest BCUT2D eigenvalue weighted by molar-refractivity contribution is 7.19. The number of thiophene rings is 2. The van der Waals surface area contributed by atoms with Gasteiger partial charge in [0.15, 0.2) is 0 Å². The number of carbonyl (C=O) groups excluding carboxylic acids is 1. The molecule has 0 aliphatic carbocycles. The first kappa shape index (κ1) is 16.4. The van der Waals surface area contributed by atoms with Gasteiger partial charge in [-0.15, -0.1) is 22.7 Å². The maximum absolute atomic E-state index is 12.8. The van der Waals surface area contributed by atoms with Crippen molar-refractivity contribution in [2.24, 2.45) is 0 Å². The van der Waals surface area contributed by atoms with Crippen LogP contribution in [-0.2, 0) is 11.3 Å². The van der Waals surface area contributed by atoms with E-state index in [9.17, 15) is 9.59 Å². The van der Waals surface area contributed by atoms with Gasteiger partial charge in [0, 0.05) is 27.2 Å². The molecular weight excluding hydrogens is 344 g/mol. The molecular formula is C16H14N4O2S2. The molecule has 0 aliphatic rings.